The summed E-state index contributed by atoms with van der Waals surface area (Å²) >= 11 is 0. The molecule has 0 saturated carbocycles. The minimum absolute atomic E-state index is 0.140. The number of tetrazole rings is 1. The van der Waals surface area contributed by atoms with Gasteiger partial charge in [-0.3, -0.25) is 9.80 Å². The molecule has 1 aliphatic rings. The van der Waals surface area contributed by atoms with Gasteiger partial charge in [0.1, 0.15) is 6.17 Å². The van der Waals surface area contributed by atoms with Gasteiger partial charge in [0.05, 0.1) is 18.8 Å². The Morgan fingerprint density at radius 1 is 1.44 bits per heavy atom. The molecule has 2 aromatic rings. The van der Waals surface area contributed by atoms with Crippen molar-refractivity contribution >= 4 is 0 Å². The van der Waals surface area contributed by atoms with Gasteiger partial charge in [0.15, 0.2) is 11.6 Å². The molecule has 0 unspecified atom stereocenters. The summed E-state index contributed by atoms with van der Waals surface area (Å²) in [6, 6.07) is 2.05. The SMILES string of the molecule is CCCn1nnnc1CN(C)C[C@@H]1C[C@H](F)CN1Cc1cc(C)no1. The fourth-order valence-electron chi connectivity index (χ4n) is 3.38. The van der Waals surface area contributed by atoms with Crippen molar-refractivity contribution in [1.82, 2.24) is 35.2 Å². The lowest BCUT2D eigenvalue weighted by Gasteiger charge is -2.27. The van der Waals surface area contributed by atoms with Gasteiger partial charge in [-0.05, 0) is 37.2 Å². The van der Waals surface area contributed by atoms with Crippen molar-refractivity contribution in [1.29, 1.82) is 0 Å². The zero-order valence-corrected chi connectivity index (χ0v) is 15.1. The van der Waals surface area contributed by atoms with Gasteiger partial charge in [-0.2, -0.15) is 0 Å². The van der Waals surface area contributed by atoms with Crippen molar-refractivity contribution in [3.8, 4) is 0 Å². The number of hydrogen-bond donors (Lipinski definition) is 0. The third-order valence-electron chi connectivity index (χ3n) is 4.49. The highest BCUT2D eigenvalue weighted by molar-refractivity contribution is 5.04. The Kier molecular flexibility index (Phi) is 5.74. The van der Waals surface area contributed by atoms with E-state index in [0.717, 1.165) is 36.8 Å². The van der Waals surface area contributed by atoms with E-state index in [2.05, 4.69) is 37.4 Å². The average molecular weight is 351 g/mol. The molecule has 1 fully saturated rings. The van der Waals surface area contributed by atoms with Crippen LogP contribution < -0.4 is 0 Å². The van der Waals surface area contributed by atoms with Crippen LogP contribution in [0.1, 0.15) is 37.0 Å². The van der Waals surface area contributed by atoms with E-state index in [4.69, 9.17) is 4.52 Å². The van der Waals surface area contributed by atoms with E-state index in [-0.39, 0.29) is 6.04 Å². The zero-order chi connectivity index (χ0) is 17.8. The first-order valence-corrected chi connectivity index (χ1v) is 8.79. The van der Waals surface area contributed by atoms with Gasteiger partial charge in [0, 0.05) is 31.7 Å². The van der Waals surface area contributed by atoms with Gasteiger partial charge in [-0.1, -0.05) is 12.1 Å². The normalized spacial score (nSPS) is 21.5. The lowest BCUT2D eigenvalue weighted by atomic mass is 10.2. The summed E-state index contributed by atoms with van der Waals surface area (Å²) in [4.78, 5) is 4.29. The van der Waals surface area contributed by atoms with Gasteiger partial charge >= 0.3 is 0 Å². The quantitative estimate of drug-likeness (QED) is 0.712. The Morgan fingerprint density at radius 2 is 2.28 bits per heavy atom. The Labute approximate surface area is 146 Å². The number of alkyl halides is 1. The Balaban J connectivity index is 1.58. The Bertz CT molecular complexity index is 673. The molecule has 0 amide bonds. The molecule has 9 heteroatoms. The van der Waals surface area contributed by atoms with Gasteiger partial charge in [-0.15, -0.1) is 5.10 Å². The van der Waals surface area contributed by atoms with Crippen molar-refractivity contribution in [3.05, 3.63) is 23.3 Å². The molecule has 0 aromatic carbocycles. The fourth-order valence-corrected chi connectivity index (χ4v) is 3.38. The van der Waals surface area contributed by atoms with E-state index in [0.29, 0.717) is 26.1 Å². The Hall–Kier alpha value is -1.87. The van der Waals surface area contributed by atoms with Crippen LogP contribution in [0.2, 0.25) is 0 Å². The molecule has 0 N–H and O–H groups in total. The summed E-state index contributed by atoms with van der Waals surface area (Å²) in [5, 5.41) is 15.8. The molecule has 0 radical (unpaired) electrons. The highest BCUT2D eigenvalue weighted by atomic mass is 19.1. The second-order valence-corrected chi connectivity index (χ2v) is 6.87. The van der Waals surface area contributed by atoms with E-state index in [9.17, 15) is 4.39 Å². The largest absolute Gasteiger partial charge is 0.360 e. The molecule has 2 aromatic heterocycles. The number of halogens is 1. The molecule has 0 spiro atoms. The van der Waals surface area contributed by atoms with Crippen molar-refractivity contribution < 1.29 is 8.91 Å². The van der Waals surface area contributed by atoms with Gasteiger partial charge in [0.2, 0.25) is 0 Å². The first-order chi connectivity index (χ1) is 12.0. The van der Waals surface area contributed by atoms with Crippen LogP contribution >= 0.6 is 0 Å². The van der Waals surface area contributed by atoms with E-state index in [1.165, 1.54) is 0 Å². The zero-order valence-electron chi connectivity index (χ0n) is 15.1. The van der Waals surface area contributed by atoms with E-state index >= 15 is 0 Å². The van der Waals surface area contributed by atoms with Crippen molar-refractivity contribution in [2.75, 3.05) is 20.1 Å². The highest BCUT2D eigenvalue weighted by Crippen LogP contribution is 2.24. The summed E-state index contributed by atoms with van der Waals surface area (Å²) in [5.41, 5.74) is 0.849. The molecule has 1 aliphatic heterocycles. The molecule has 3 rings (SSSR count). The molecular formula is C16H26FN7O. The van der Waals surface area contributed by atoms with E-state index in [1.54, 1.807) is 0 Å². The second kappa shape index (κ2) is 8.01. The van der Waals surface area contributed by atoms with Gasteiger partial charge in [-0.25, -0.2) is 9.07 Å². The van der Waals surface area contributed by atoms with Crippen LogP contribution in [0, 0.1) is 6.92 Å². The highest BCUT2D eigenvalue weighted by Gasteiger charge is 2.33. The number of aromatic nitrogens is 5. The van der Waals surface area contributed by atoms with Crippen LogP contribution in [-0.4, -0.2) is 67.5 Å². The maximum atomic E-state index is 14.0. The minimum atomic E-state index is -0.798. The van der Waals surface area contributed by atoms with Gasteiger partial charge in [0.25, 0.3) is 0 Å². The molecule has 8 nitrogen and oxygen atoms in total. The van der Waals surface area contributed by atoms with Crippen LogP contribution in [0.3, 0.4) is 0 Å². The fraction of sp³-hybridized carbons (Fsp3) is 0.750. The van der Waals surface area contributed by atoms with Crippen LogP contribution in [-0.2, 0) is 19.6 Å². The second-order valence-electron chi connectivity index (χ2n) is 6.87. The Morgan fingerprint density at radius 3 is 3.00 bits per heavy atom. The number of aryl methyl sites for hydroxylation is 2. The lowest BCUT2D eigenvalue weighted by Crippen LogP contribution is -2.38. The van der Waals surface area contributed by atoms with Crippen molar-refractivity contribution in [2.45, 2.75) is 58.5 Å². The average Bonchev–Trinajstić information content (AvgIpc) is 3.23. The van der Waals surface area contributed by atoms with Crippen LogP contribution in [0.4, 0.5) is 4.39 Å². The maximum absolute atomic E-state index is 14.0. The predicted octanol–water partition coefficient (Wildman–Crippen LogP) is 1.42. The van der Waals surface area contributed by atoms with Crippen LogP contribution in [0.15, 0.2) is 10.6 Å². The van der Waals surface area contributed by atoms with Gasteiger partial charge < -0.3 is 4.52 Å². The number of likely N-dealkylation sites (tertiary alicyclic amines) is 1. The monoisotopic (exact) mass is 351 g/mol. The van der Waals surface area contributed by atoms with E-state index in [1.807, 2.05) is 24.7 Å². The number of rotatable bonds is 8. The third-order valence-corrected chi connectivity index (χ3v) is 4.49. The van der Waals surface area contributed by atoms with Crippen molar-refractivity contribution in [3.63, 3.8) is 0 Å². The van der Waals surface area contributed by atoms with E-state index < -0.39 is 6.17 Å². The maximum Gasteiger partial charge on any atom is 0.165 e. The number of nitrogens with zero attached hydrogens (tertiary/aromatic N) is 7. The first-order valence-electron chi connectivity index (χ1n) is 8.79. The summed E-state index contributed by atoms with van der Waals surface area (Å²) in [6.07, 6.45) is 0.725. The standard InChI is InChI=1S/C16H26FN7O/c1-4-5-24-16(18-20-21-24)11-22(3)9-14-7-13(17)8-23(14)10-15-6-12(2)19-25-15/h6,13-14H,4-5,7-11H2,1-3H3/t13-,14-/m0/s1. The molecule has 25 heavy (non-hydrogen) atoms. The summed E-state index contributed by atoms with van der Waals surface area (Å²) in [5.74, 6) is 1.63. The molecule has 0 aliphatic carbocycles. The first kappa shape index (κ1) is 17.9. The van der Waals surface area contributed by atoms with Crippen molar-refractivity contribution in [2.24, 2.45) is 0 Å². The number of hydrogen-bond acceptors (Lipinski definition) is 7. The summed E-state index contributed by atoms with van der Waals surface area (Å²) in [7, 11) is 2.02. The third kappa shape index (κ3) is 4.60. The topological polar surface area (TPSA) is 76.1 Å². The van der Waals surface area contributed by atoms with Crippen LogP contribution in [0.25, 0.3) is 0 Å². The summed E-state index contributed by atoms with van der Waals surface area (Å²) in [6.45, 7) is 7.23. The van der Waals surface area contributed by atoms with Crippen LogP contribution in [0.5, 0.6) is 0 Å². The molecule has 138 valence electrons. The molecule has 1 saturated heterocycles. The molecule has 0 bridgehead atoms. The minimum Gasteiger partial charge on any atom is -0.360 e. The summed E-state index contributed by atoms with van der Waals surface area (Å²) < 4.78 is 21.1. The molecule has 2 atom stereocenters. The molecular weight excluding hydrogens is 325 g/mol. The predicted molar refractivity (Wildman–Crippen MR) is 89.4 cm³/mol. The smallest absolute Gasteiger partial charge is 0.165 e. The number of likely N-dealkylation sites (N-methyl/N-ethyl adjacent to an activating group) is 1. The lowest BCUT2D eigenvalue weighted by molar-refractivity contribution is 0.163. The molecule has 3 heterocycles.